The first kappa shape index (κ1) is 25.9. The molecular weight excluding hydrogens is 484 g/mol. The molecule has 0 aromatic carbocycles. The van der Waals surface area contributed by atoms with Crippen molar-refractivity contribution in [2.45, 2.75) is 94.8 Å². The van der Waals surface area contributed by atoms with Gasteiger partial charge in [-0.05, 0) is 62.0 Å². The average Bonchev–Trinajstić information content (AvgIpc) is 3.03. The Hall–Kier alpha value is -1.70. The van der Waals surface area contributed by atoms with Crippen molar-refractivity contribution in [3.05, 3.63) is 23.8 Å². The van der Waals surface area contributed by atoms with Crippen molar-refractivity contribution in [3.8, 4) is 0 Å². The van der Waals surface area contributed by atoms with Crippen molar-refractivity contribution in [1.82, 2.24) is 0 Å². The van der Waals surface area contributed by atoms with Crippen molar-refractivity contribution in [1.29, 1.82) is 0 Å². The van der Waals surface area contributed by atoms with Crippen LogP contribution < -0.4 is 0 Å². The number of alkyl halides is 1. The summed E-state index contributed by atoms with van der Waals surface area (Å²) in [7, 11) is 0. The number of ether oxygens (including phenoxy) is 2. The standard InChI is InChI=1S/C28H37ClO7/c1-5-22(32)35-15-26(34)14-25-13-21(31)27(29)19(8-7-17-12-18(30)9-10-24(17,27)4)20(25)11-16(3)28(25,26)36-23(33)6-2/h9-10,12,16,19-21,31,34H,5-8,11,13-15H2,1-4H3/t16-,19+,20+,21+,24+,25-,26?,27+,28-/m1/s1. The summed E-state index contributed by atoms with van der Waals surface area (Å²) >= 11 is 7.52. The highest BCUT2D eigenvalue weighted by Crippen LogP contribution is 2.80. The van der Waals surface area contributed by atoms with Crippen LogP contribution in [-0.4, -0.2) is 56.7 Å². The molecule has 4 saturated carbocycles. The zero-order valence-corrected chi connectivity index (χ0v) is 22.3. The van der Waals surface area contributed by atoms with Gasteiger partial charge in [-0.15, -0.1) is 11.6 Å². The minimum Gasteiger partial charge on any atom is -0.462 e. The first-order valence-electron chi connectivity index (χ1n) is 13.3. The van der Waals surface area contributed by atoms with E-state index in [1.54, 1.807) is 26.0 Å². The maximum atomic E-state index is 12.8. The van der Waals surface area contributed by atoms with Crippen LogP contribution in [0.1, 0.15) is 72.6 Å². The van der Waals surface area contributed by atoms with E-state index in [9.17, 15) is 24.6 Å². The minimum absolute atomic E-state index is 0.00962. The Morgan fingerprint density at radius 3 is 2.56 bits per heavy atom. The quantitative estimate of drug-likeness (QED) is 0.420. The van der Waals surface area contributed by atoms with Gasteiger partial charge in [0.25, 0.3) is 0 Å². The third-order valence-electron chi connectivity index (χ3n) is 10.5. The Bertz CT molecular complexity index is 1070. The average molecular weight is 521 g/mol. The predicted molar refractivity (Wildman–Crippen MR) is 132 cm³/mol. The summed E-state index contributed by atoms with van der Waals surface area (Å²) in [5.41, 5.74) is -3.23. The van der Waals surface area contributed by atoms with Gasteiger partial charge in [0.15, 0.2) is 11.4 Å². The Morgan fingerprint density at radius 1 is 1.19 bits per heavy atom. The summed E-state index contributed by atoms with van der Waals surface area (Å²) in [4.78, 5) is 35.8. The van der Waals surface area contributed by atoms with Crippen LogP contribution in [0.4, 0.5) is 0 Å². The lowest BCUT2D eigenvalue weighted by Gasteiger charge is -2.72. The number of ketones is 1. The molecule has 0 radical (unpaired) electrons. The normalized spacial score (nSPS) is 48.5. The van der Waals surface area contributed by atoms with Crippen LogP contribution >= 0.6 is 11.6 Å². The lowest BCUT2D eigenvalue weighted by molar-refractivity contribution is -0.349. The fourth-order valence-corrected chi connectivity index (χ4v) is 9.64. The van der Waals surface area contributed by atoms with E-state index in [0.29, 0.717) is 19.3 Å². The van der Waals surface area contributed by atoms with Crippen LogP contribution in [0, 0.1) is 28.6 Å². The van der Waals surface area contributed by atoms with E-state index >= 15 is 0 Å². The van der Waals surface area contributed by atoms with E-state index in [1.807, 2.05) is 19.9 Å². The third-order valence-corrected chi connectivity index (χ3v) is 11.5. The monoisotopic (exact) mass is 520 g/mol. The first-order valence-corrected chi connectivity index (χ1v) is 13.6. The molecule has 0 heterocycles. The number of aliphatic hydroxyl groups excluding tert-OH is 1. The Labute approximate surface area is 217 Å². The maximum Gasteiger partial charge on any atom is 0.306 e. The molecule has 4 fully saturated rings. The number of hydrogen-bond donors (Lipinski definition) is 2. The molecule has 0 aromatic heterocycles. The number of aliphatic hydroxyl groups is 2. The van der Waals surface area contributed by atoms with Gasteiger partial charge < -0.3 is 19.7 Å². The third kappa shape index (κ3) is 2.91. The van der Waals surface area contributed by atoms with Crippen molar-refractivity contribution >= 4 is 29.3 Å². The Morgan fingerprint density at radius 2 is 1.89 bits per heavy atom. The maximum absolute atomic E-state index is 12.8. The minimum atomic E-state index is -1.54. The number of carbonyl (C=O) groups is 3. The number of esters is 2. The summed E-state index contributed by atoms with van der Waals surface area (Å²) in [5.74, 6) is -1.26. The predicted octanol–water partition coefficient (Wildman–Crippen LogP) is 3.63. The Kier molecular flexibility index (Phi) is 5.87. The van der Waals surface area contributed by atoms with Gasteiger partial charge in [0.2, 0.25) is 0 Å². The second-order valence-corrected chi connectivity index (χ2v) is 12.6. The lowest BCUT2D eigenvalue weighted by atomic mass is 9.37. The highest BCUT2D eigenvalue weighted by molar-refractivity contribution is 6.26. The molecule has 5 aliphatic carbocycles. The number of hydrogen-bond acceptors (Lipinski definition) is 7. The van der Waals surface area contributed by atoms with Crippen molar-refractivity contribution in [3.63, 3.8) is 0 Å². The van der Waals surface area contributed by atoms with Gasteiger partial charge in [0.1, 0.15) is 12.2 Å². The van der Waals surface area contributed by atoms with E-state index in [0.717, 1.165) is 5.57 Å². The van der Waals surface area contributed by atoms with E-state index < -0.39 is 44.9 Å². The highest BCUT2D eigenvalue weighted by atomic mass is 35.5. The smallest absolute Gasteiger partial charge is 0.306 e. The molecule has 0 saturated heterocycles. The molecule has 5 rings (SSSR count). The molecule has 2 N–H and O–H groups in total. The van der Waals surface area contributed by atoms with E-state index in [2.05, 4.69) is 0 Å². The number of allylic oxidation sites excluding steroid dienone is 4. The summed E-state index contributed by atoms with van der Waals surface area (Å²) in [6.07, 6.45) is 7.01. The number of halogens is 1. The molecule has 5 aliphatic rings. The van der Waals surface area contributed by atoms with Gasteiger partial charge in [-0.2, -0.15) is 0 Å². The highest BCUT2D eigenvalue weighted by Gasteiger charge is 2.87. The van der Waals surface area contributed by atoms with Crippen LogP contribution in [0.15, 0.2) is 23.8 Å². The van der Waals surface area contributed by atoms with Crippen molar-refractivity contribution in [2.24, 2.45) is 28.6 Å². The second kappa shape index (κ2) is 8.15. The SMILES string of the molecule is CCC(=O)OCC1(O)C[C@]23C[C@H](O)[C@@]4(Cl)[C@@H](CCC5=CC(=O)C=C[C@@]54C)[C@@H]2C[C@@H](C)[C@]13OC(=O)CC. The molecule has 0 aliphatic heterocycles. The number of carbonyl (C=O) groups excluding carboxylic acids is 3. The molecule has 0 amide bonds. The molecular formula is C28H37ClO7. The van der Waals surface area contributed by atoms with E-state index in [4.69, 9.17) is 21.1 Å². The zero-order chi connectivity index (χ0) is 26.3. The molecule has 1 unspecified atom stereocenters. The van der Waals surface area contributed by atoms with E-state index in [1.165, 1.54) is 0 Å². The molecule has 7 nitrogen and oxygen atoms in total. The molecule has 1 spiro atoms. The van der Waals surface area contributed by atoms with Gasteiger partial charge in [0.05, 0.1) is 11.0 Å². The van der Waals surface area contributed by atoms with Gasteiger partial charge >= 0.3 is 11.9 Å². The summed E-state index contributed by atoms with van der Waals surface area (Å²) in [6.45, 7) is 7.13. The van der Waals surface area contributed by atoms with Crippen LogP contribution in [0.25, 0.3) is 0 Å². The van der Waals surface area contributed by atoms with Gasteiger partial charge in [0, 0.05) is 23.7 Å². The summed E-state index contributed by atoms with van der Waals surface area (Å²) < 4.78 is 11.6. The first-order chi connectivity index (χ1) is 16.8. The topological polar surface area (TPSA) is 110 Å². The van der Waals surface area contributed by atoms with Crippen molar-refractivity contribution in [2.75, 3.05) is 6.61 Å². The van der Waals surface area contributed by atoms with Gasteiger partial charge in [-0.1, -0.05) is 39.3 Å². The van der Waals surface area contributed by atoms with Gasteiger partial charge in [-0.3, -0.25) is 14.4 Å². The lowest BCUT2D eigenvalue weighted by Crippen LogP contribution is -2.82. The molecule has 9 atom stereocenters. The molecule has 0 aromatic rings. The van der Waals surface area contributed by atoms with Gasteiger partial charge in [-0.25, -0.2) is 0 Å². The zero-order valence-electron chi connectivity index (χ0n) is 21.5. The fourth-order valence-electron chi connectivity index (χ4n) is 9.12. The van der Waals surface area contributed by atoms with E-state index in [-0.39, 0.29) is 55.8 Å². The summed E-state index contributed by atoms with van der Waals surface area (Å²) in [6, 6.07) is 0. The Balaban J connectivity index is 1.58. The number of rotatable bonds is 5. The van der Waals surface area contributed by atoms with Crippen LogP contribution in [0.5, 0.6) is 0 Å². The van der Waals surface area contributed by atoms with Crippen LogP contribution in [-0.2, 0) is 23.9 Å². The second-order valence-electron chi connectivity index (χ2n) is 11.9. The van der Waals surface area contributed by atoms with Crippen LogP contribution in [0.2, 0.25) is 0 Å². The fraction of sp³-hybridized carbons (Fsp3) is 0.750. The molecule has 36 heavy (non-hydrogen) atoms. The summed E-state index contributed by atoms with van der Waals surface area (Å²) in [5, 5.41) is 23.7. The molecule has 8 heteroatoms. The molecule has 0 bridgehead atoms. The van der Waals surface area contributed by atoms with Crippen LogP contribution in [0.3, 0.4) is 0 Å². The largest absolute Gasteiger partial charge is 0.462 e. The van der Waals surface area contributed by atoms with Crippen molar-refractivity contribution < 1.29 is 34.1 Å². The number of fused-ring (bicyclic) bond motifs is 4. The molecule has 198 valence electrons.